The van der Waals surface area contributed by atoms with Crippen LogP contribution in [0.3, 0.4) is 0 Å². The highest BCUT2D eigenvalue weighted by Gasteiger charge is 1.92. The minimum Gasteiger partial charge on any atom is -0.316 e. The number of hydrogen-bond donors (Lipinski definition) is 2. The first kappa shape index (κ1) is 20.8. The molecule has 0 aliphatic carbocycles. The van der Waals surface area contributed by atoms with Crippen LogP contribution in [-0.2, 0) is 0 Å². The molecule has 0 rings (SSSR count). The molecule has 2 nitrogen and oxygen atoms in total. The van der Waals surface area contributed by atoms with Crippen molar-refractivity contribution in [2.45, 2.75) is 71.1 Å². The van der Waals surface area contributed by atoms with Crippen molar-refractivity contribution in [2.24, 2.45) is 0 Å². The van der Waals surface area contributed by atoms with E-state index < -0.39 is 0 Å². The van der Waals surface area contributed by atoms with Crippen LogP contribution >= 0.6 is 23.5 Å². The second-order valence-corrected chi connectivity index (χ2v) is 5.00. The molecule has 0 fully saturated rings. The average molecular weight is 300 g/mol. The van der Waals surface area contributed by atoms with Gasteiger partial charge in [-0.3, -0.25) is 4.66 Å². The molecule has 0 bridgehead atoms. The number of nitrogens with one attached hydrogen (secondary N) is 1. The molecular formula is C14H31Cl2NO. The lowest BCUT2D eigenvalue weighted by Crippen LogP contribution is -2.17. The molecule has 112 valence electrons. The van der Waals surface area contributed by atoms with Crippen molar-refractivity contribution >= 4 is 23.5 Å². The smallest absolute Gasteiger partial charge is 0.0579 e. The third kappa shape index (κ3) is 21.8. The number of rotatable bonds is 13. The molecule has 0 aliphatic rings. The summed E-state index contributed by atoms with van der Waals surface area (Å²) in [6.07, 6.45) is 14.1. The minimum absolute atomic E-state index is 0.734. The summed E-state index contributed by atoms with van der Waals surface area (Å²) in [6.45, 7) is 4.38. The van der Waals surface area contributed by atoms with Gasteiger partial charge in [-0.25, -0.2) is 0 Å². The highest BCUT2D eigenvalue weighted by molar-refractivity contribution is 6.18. The first-order chi connectivity index (χ1) is 8.91. The lowest BCUT2D eigenvalue weighted by molar-refractivity contribution is 0.547. The molecule has 0 radical (unpaired) electrons. The Balaban J connectivity index is 0. The summed E-state index contributed by atoms with van der Waals surface area (Å²) in [5, 5.41) is 3.33. The van der Waals surface area contributed by atoms with Gasteiger partial charge >= 0.3 is 0 Å². The van der Waals surface area contributed by atoms with Crippen molar-refractivity contribution in [3.63, 3.8) is 0 Å². The summed E-state index contributed by atoms with van der Waals surface area (Å²) in [4.78, 5) is 0. The van der Waals surface area contributed by atoms with Gasteiger partial charge in [0.2, 0.25) is 0 Å². The lowest BCUT2D eigenvalue weighted by atomic mass is 10.1. The highest BCUT2D eigenvalue weighted by Crippen LogP contribution is 2.10. The fraction of sp³-hybridized carbons (Fsp3) is 1.00. The fourth-order valence-electron chi connectivity index (χ4n) is 1.93. The van der Waals surface area contributed by atoms with Gasteiger partial charge < -0.3 is 5.32 Å². The predicted octanol–water partition coefficient (Wildman–Crippen LogP) is 4.87. The van der Waals surface area contributed by atoms with Crippen molar-refractivity contribution < 1.29 is 4.66 Å². The second kappa shape index (κ2) is 22.7. The number of alkyl halides is 1. The molecule has 0 amide bonds. The van der Waals surface area contributed by atoms with Gasteiger partial charge in [0.05, 0.1) is 11.9 Å². The summed E-state index contributed by atoms with van der Waals surface area (Å²) < 4.78 is 6.47. The van der Waals surface area contributed by atoms with E-state index in [1.54, 1.807) is 0 Å². The largest absolute Gasteiger partial charge is 0.316 e. The number of halogens is 2. The van der Waals surface area contributed by atoms with Crippen molar-refractivity contribution in [1.29, 1.82) is 0 Å². The molecular weight excluding hydrogens is 269 g/mol. The van der Waals surface area contributed by atoms with Gasteiger partial charge in [-0.05, 0) is 13.0 Å². The van der Waals surface area contributed by atoms with Gasteiger partial charge in [-0.1, -0.05) is 64.7 Å². The Kier molecular flexibility index (Phi) is 26.2. The Morgan fingerprint density at radius 1 is 0.722 bits per heavy atom. The van der Waals surface area contributed by atoms with Crippen LogP contribution in [0.2, 0.25) is 0 Å². The summed E-state index contributed by atoms with van der Waals surface area (Å²) in [7, 11) is 0. The van der Waals surface area contributed by atoms with E-state index in [1.165, 1.54) is 64.2 Å². The monoisotopic (exact) mass is 299 g/mol. The van der Waals surface area contributed by atoms with E-state index >= 15 is 0 Å². The van der Waals surface area contributed by atoms with Crippen LogP contribution in [0.1, 0.15) is 71.1 Å². The molecule has 0 atom stereocenters. The zero-order valence-corrected chi connectivity index (χ0v) is 13.4. The molecule has 0 spiro atoms. The zero-order valence-electron chi connectivity index (χ0n) is 11.9. The van der Waals surface area contributed by atoms with Gasteiger partial charge in [0.1, 0.15) is 0 Å². The molecule has 0 aromatic heterocycles. The van der Waals surface area contributed by atoms with Crippen molar-refractivity contribution in [3.8, 4) is 0 Å². The van der Waals surface area contributed by atoms with Gasteiger partial charge in [-0.15, -0.1) is 11.6 Å². The Morgan fingerprint density at radius 3 is 1.61 bits per heavy atom. The predicted molar refractivity (Wildman–Crippen MR) is 83.5 cm³/mol. The topological polar surface area (TPSA) is 32.3 Å². The van der Waals surface area contributed by atoms with Crippen molar-refractivity contribution in [2.75, 3.05) is 19.0 Å². The number of unbranched alkanes of at least 4 members (excludes halogenated alkanes) is 9. The van der Waals surface area contributed by atoms with Gasteiger partial charge in [0.25, 0.3) is 0 Å². The van der Waals surface area contributed by atoms with Crippen LogP contribution < -0.4 is 5.32 Å². The molecule has 2 N–H and O–H groups in total. The molecule has 4 heteroatoms. The van der Waals surface area contributed by atoms with Gasteiger partial charge in [-0.2, -0.15) is 0 Å². The first-order valence-corrected chi connectivity index (χ1v) is 8.22. The molecule has 0 aromatic rings. The van der Waals surface area contributed by atoms with Gasteiger partial charge in [0.15, 0.2) is 0 Å². The Labute approximate surface area is 124 Å². The van der Waals surface area contributed by atoms with Crippen molar-refractivity contribution in [3.05, 3.63) is 0 Å². The summed E-state index contributed by atoms with van der Waals surface area (Å²) in [5.74, 6) is 0.734. The van der Waals surface area contributed by atoms with Crippen LogP contribution in [-0.4, -0.2) is 23.6 Å². The molecule has 0 unspecified atom stereocenters. The minimum atomic E-state index is 0.734. The van der Waals surface area contributed by atoms with Crippen molar-refractivity contribution in [1.82, 2.24) is 5.32 Å². The lowest BCUT2D eigenvalue weighted by Gasteiger charge is -2.03. The number of hydrogen-bond acceptors (Lipinski definition) is 2. The molecule has 0 aromatic carbocycles. The Hall–Kier alpha value is 0.500. The highest BCUT2D eigenvalue weighted by atomic mass is 35.5. The van der Waals surface area contributed by atoms with E-state index in [9.17, 15) is 0 Å². The molecule has 0 aliphatic heterocycles. The maximum absolute atomic E-state index is 6.47. The molecule has 0 saturated heterocycles. The maximum atomic E-state index is 6.47. The van der Waals surface area contributed by atoms with E-state index in [1.807, 2.05) is 0 Å². The standard InChI is InChI=1S/C14H30ClN.ClHO/c1-2-3-4-5-6-7-8-9-10-11-13-16-14-12-15;1-2/h16H,2-14H2,1H3;2H. The summed E-state index contributed by atoms with van der Waals surface area (Å²) in [5.41, 5.74) is 0. The van der Waals surface area contributed by atoms with Crippen LogP contribution in [0, 0.1) is 0 Å². The zero-order chi connectivity index (χ0) is 13.9. The molecule has 0 heterocycles. The molecule has 18 heavy (non-hydrogen) atoms. The van der Waals surface area contributed by atoms with E-state index in [0.717, 1.165) is 19.0 Å². The first-order valence-electron chi connectivity index (χ1n) is 7.35. The maximum Gasteiger partial charge on any atom is 0.0579 e. The summed E-state index contributed by atoms with van der Waals surface area (Å²) in [6, 6.07) is 0. The third-order valence-electron chi connectivity index (χ3n) is 2.98. The second-order valence-electron chi connectivity index (χ2n) is 4.62. The molecule has 0 saturated carbocycles. The SMILES string of the molecule is CCCCCCCCCCCCNCCCl.OCl. The summed E-state index contributed by atoms with van der Waals surface area (Å²) >= 11 is 9.21. The average Bonchev–Trinajstić information content (AvgIpc) is 2.42. The van der Waals surface area contributed by atoms with Crippen LogP contribution in [0.4, 0.5) is 0 Å². The van der Waals surface area contributed by atoms with Crippen LogP contribution in [0.15, 0.2) is 0 Å². The Morgan fingerprint density at radius 2 is 1.17 bits per heavy atom. The van der Waals surface area contributed by atoms with Gasteiger partial charge in [0, 0.05) is 12.4 Å². The van der Waals surface area contributed by atoms with E-state index in [0.29, 0.717) is 0 Å². The van der Waals surface area contributed by atoms with E-state index in [4.69, 9.17) is 16.3 Å². The third-order valence-corrected chi connectivity index (χ3v) is 3.17. The van der Waals surface area contributed by atoms with Crippen LogP contribution in [0.25, 0.3) is 0 Å². The quantitative estimate of drug-likeness (QED) is 0.376. The normalized spacial score (nSPS) is 10.0. The van der Waals surface area contributed by atoms with E-state index in [-0.39, 0.29) is 0 Å². The van der Waals surface area contributed by atoms with E-state index in [2.05, 4.69) is 24.1 Å². The van der Waals surface area contributed by atoms with Crippen LogP contribution in [0.5, 0.6) is 0 Å². The Bertz CT molecular complexity index is 112. The fourth-order valence-corrected chi connectivity index (χ4v) is 2.06.